The summed E-state index contributed by atoms with van der Waals surface area (Å²) in [6.45, 7) is 4.60. The summed E-state index contributed by atoms with van der Waals surface area (Å²) < 4.78 is 5.71. The molecule has 0 aliphatic heterocycles. The lowest BCUT2D eigenvalue weighted by molar-refractivity contribution is 0.0995. The van der Waals surface area contributed by atoms with E-state index in [2.05, 4.69) is 15.3 Å². The van der Waals surface area contributed by atoms with Gasteiger partial charge in [0.25, 0.3) is 5.91 Å². The quantitative estimate of drug-likeness (QED) is 0.662. The second-order valence-corrected chi connectivity index (χ2v) is 6.54. The smallest absolute Gasteiger partial charge is 0.252 e. The Kier molecular flexibility index (Phi) is 5.66. The number of para-hydroxylation sites is 1. The van der Waals surface area contributed by atoms with E-state index in [-0.39, 0.29) is 0 Å². The monoisotopic (exact) mass is 362 g/mol. The Bertz CT molecular complexity index is 926. The molecule has 0 aliphatic rings. The molecular formula is C21H22N4O2. The van der Waals surface area contributed by atoms with Gasteiger partial charge in [-0.25, -0.2) is 9.97 Å². The van der Waals surface area contributed by atoms with E-state index in [0.29, 0.717) is 35.5 Å². The number of nitrogens with zero attached hydrogens (tertiary/aromatic N) is 2. The van der Waals surface area contributed by atoms with E-state index in [1.165, 1.54) is 0 Å². The number of rotatable bonds is 7. The maximum Gasteiger partial charge on any atom is 0.252 e. The molecule has 0 radical (unpaired) electrons. The van der Waals surface area contributed by atoms with Crippen LogP contribution >= 0.6 is 0 Å². The van der Waals surface area contributed by atoms with Crippen molar-refractivity contribution in [3.8, 4) is 17.0 Å². The van der Waals surface area contributed by atoms with Crippen molar-refractivity contribution in [2.75, 3.05) is 11.9 Å². The van der Waals surface area contributed by atoms with Crippen LogP contribution < -0.4 is 15.8 Å². The van der Waals surface area contributed by atoms with Crippen LogP contribution in [0.3, 0.4) is 0 Å². The summed E-state index contributed by atoms with van der Waals surface area (Å²) >= 11 is 0. The Morgan fingerprint density at radius 1 is 1.15 bits per heavy atom. The van der Waals surface area contributed by atoms with Crippen LogP contribution in [0.2, 0.25) is 0 Å². The minimum absolute atomic E-state index is 0.337. The topological polar surface area (TPSA) is 90.1 Å². The molecule has 0 fully saturated rings. The van der Waals surface area contributed by atoms with Gasteiger partial charge in [-0.2, -0.15) is 0 Å². The molecular weight excluding hydrogens is 340 g/mol. The van der Waals surface area contributed by atoms with Crippen molar-refractivity contribution in [1.82, 2.24) is 9.97 Å². The highest BCUT2D eigenvalue weighted by Gasteiger charge is 2.13. The Morgan fingerprint density at radius 2 is 1.93 bits per heavy atom. The van der Waals surface area contributed by atoms with Crippen LogP contribution in [0.1, 0.15) is 24.2 Å². The van der Waals surface area contributed by atoms with E-state index in [1.807, 2.05) is 50.2 Å². The summed E-state index contributed by atoms with van der Waals surface area (Å²) in [5.74, 6) is 0.766. The third kappa shape index (κ3) is 4.82. The summed E-state index contributed by atoms with van der Waals surface area (Å²) in [6.07, 6.45) is 1.67. The van der Waals surface area contributed by atoms with Crippen molar-refractivity contribution in [3.05, 3.63) is 66.4 Å². The number of carbonyl (C=O) groups is 1. The Labute approximate surface area is 158 Å². The molecule has 1 amide bonds. The van der Waals surface area contributed by atoms with Crippen molar-refractivity contribution in [3.63, 3.8) is 0 Å². The van der Waals surface area contributed by atoms with Crippen LogP contribution in [-0.2, 0) is 0 Å². The third-order valence-electron chi connectivity index (χ3n) is 3.80. The number of benzene rings is 2. The van der Waals surface area contributed by atoms with Gasteiger partial charge in [-0.1, -0.05) is 32.0 Å². The van der Waals surface area contributed by atoms with Gasteiger partial charge in [-0.3, -0.25) is 4.79 Å². The number of primary amides is 1. The lowest BCUT2D eigenvalue weighted by atomic mass is 10.1. The number of carbonyl (C=O) groups excluding carboxylic acids is 1. The Balaban J connectivity index is 1.88. The molecule has 0 atom stereocenters. The molecule has 0 spiro atoms. The van der Waals surface area contributed by atoms with Crippen molar-refractivity contribution >= 4 is 17.5 Å². The van der Waals surface area contributed by atoms with Crippen LogP contribution in [0, 0.1) is 5.92 Å². The van der Waals surface area contributed by atoms with E-state index in [0.717, 1.165) is 11.3 Å². The molecule has 3 rings (SSSR count). The van der Waals surface area contributed by atoms with Crippen LogP contribution in [0.15, 0.2) is 60.8 Å². The molecule has 0 saturated carbocycles. The van der Waals surface area contributed by atoms with Crippen molar-refractivity contribution < 1.29 is 9.53 Å². The zero-order valence-corrected chi connectivity index (χ0v) is 15.3. The van der Waals surface area contributed by atoms with Crippen molar-refractivity contribution in [2.45, 2.75) is 13.8 Å². The normalized spacial score (nSPS) is 10.6. The lowest BCUT2D eigenvalue weighted by Gasteiger charge is -2.13. The van der Waals surface area contributed by atoms with E-state index in [9.17, 15) is 4.79 Å². The maximum absolute atomic E-state index is 11.9. The van der Waals surface area contributed by atoms with E-state index in [1.54, 1.807) is 24.4 Å². The van der Waals surface area contributed by atoms with E-state index >= 15 is 0 Å². The van der Waals surface area contributed by atoms with E-state index in [4.69, 9.17) is 10.5 Å². The molecule has 0 bridgehead atoms. The first-order chi connectivity index (χ1) is 13.0. The zero-order chi connectivity index (χ0) is 19.2. The van der Waals surface area contributed by atoms with Gasteiger partial charge in [0.2, 0.25) is 5.95 Å². The molecule has 6 heteroatoms. The number of hydrogen-bond donors (Lipinski definition) is 2. The summed E-state index contributed by atoms with van der Waals surface area (Å²) in [5, 5.41) is 3.16. The van der Waals surface area contributed by atoms with Gasteiger partial charge in [0.1, 0.15) is 5.75 Å². The first kappa shape index (κ1) is 18.4. The Hall–Kier alpha value is -3.41. The Morgan fingerprint density at radius 3 is 2.63 bits per heavy atom. The second kappa shape index (κ2) is 8.31. The van der Waals surface area contributed by atoms with Crippen LogP contribution in [0.5, 0.6) is 5.75 Å². The van der Waals surface area contributed by atoms with Crippen molar-refractivity contribution in [1.29, 1.82) is 0 Å². The number of anilines is 2. The number of amides is 1. The number of ether oxygens (including phenoxy) is 1. The minimum atomic E-state index is -0.535. The van der Waals surface area contributed by atoms with Gasteiger partial charge in [-0.05, 0) is 42.3 Å². The predicted octanol–water partition coefficient (Wildman–Crippen LogP) is 4.02. The number of nitrogens with two attached hydrogens (primary N) is 1. The fourth-order valence-corrected chi connectivity index (χ4v) is 2.49. The van der Waals surface area contributed by atoms with Gasteiger partial charge < -0.3 is 15.8 Å². The number of aromatic nitrogens is 2. The summed E-state index contributed by atoms with van der Waals surface area (Å²) in [7, 11) is 0. The molecule has 1 heterocycles. The molecule has 3 N–H and O–H groups in total. The lowest BCUT2D eigenvalue weighted by Crippen LogP contribution is -2.15. The molecule has 1 aromatic heterocycles. The standard InChI is InChI=1S/C21H22N4O2/c1-14(2)13-27-19-9-8-15(12-17(19)20(22)26)18-10-11-23-21(25-18)24-16-6-4-3-5-7-16/h3-12,14H,13H2,1-2H3,(H2,22,26)(H,23,24,25). The highest BCUT2D eigenvalue weighted by molar-refractivity contribution is 5.97. The van der Waals surface area contributed by atoms with Gasteiger partial charge in [-0.15, -0.1) is 0 Å². The van der Waals surface area contributed by atoms with Gasteiger partial charge >= 0.3 is 0 Å². The molecule has 2 aromatic carbocycles. The van der Waals surface area contributed by atoms with Crippen LogP contribution in [0.25, 0.3) is 11.3 Å². The molecule has 138 valence electrons. The highest BCUT2D eigenvalue weighted by Crippen LogP contribution is 2.26. The summed E-state index contributed by atoms with van der Waals surface area (Å²) in [4.78, 5) is 20.6. The largest absolute Gasteiger partial charge is 0.492 e. The highest BCUT2D eigenvalue weighted by atomic mass is 16.5. The number of hydrogen-bond acceptors (Lipinski definition) is 5. The first-order valence-corrected chi connectivity index (χ1v) is 8.75. The fourth-order valence-electron chi connectivity index (χ4n) is 2.49. The summed E-state index contributed by atoms with van der Waals surface area (Å²) in [5.41, 5.74) is 8.21. The van der Waals surface area contributed by atoms with Gasteiger partial charge in [0, 0.05) is 17.4 Å². The maximum atomic E-state index is 11.9. The molecule has 6 nitrogen and oxygen atoms in total. The van der Waals surface area contributed by atoms with E-state index < -0.39 is 5.91 Å². The van der Waals surface area contributed by atoms with Crippen LogP contribution in [-0.4, -0.2) is 22.5 Å². The zero-order valence-electron chi connectivity index (χ0n) is 15.3. The van der Waals surface area contributed by atoms with Crippen molar-refractivity contribution in [2.24, 2.45) is 11.7 Å². The fraction of sp³-hybridized carbons (Fsp3) is 0.190. The average molecular weight is 362 g/mol. The molecule has 0 saturated heterocycles. The number of nitrogens with one attached hydrogen (secondary N) is 1. The molecule has 0 aliphatic carbocycles. The molecule has 27 heavy (non-hydrogen) atoms. The molecule has 3 aromatic rings. The third-order valence-corrected chi connectivity index (χ3v) is 3.80. The average Bonchev–Trinajstić information content (AvgIpc) is 2.67. The first-order valence-electron chi connectivity index (χ1n) is 8.75. The SMILES string of the molecule is CC(C)COc1ccc(-c2ccnc(Nc3ccccc3)n2)cc1C(N)=O. The predicted molar refractivity (Wildman–Crippen MR) is 106 cm³/mol. The molecule has 0 unspecified atom stereocenters. The van der Waals surface area contributed by atoms with Gasteiger partial charge in [0.15, 0.2) is 0 Å². The van der Waals surface area contributed by atoms with Gasteiger partial charge in [0.05, 0.1) is 17.9 Å². The van der Waals surface area contributed by atoms with Crippen LogP contribution in [0.4, 0.5) is 11.6 Å². The summed E-state index contributed by atoms with van der Waals surface area (Å²) in [6, 6.07) is 16.8. The minimum Gasteiger partial charge on any atom is -0.492 e. The second-order valence-electron chi connectivity index (χ2n) is 6.54.